The van der Waals surface area contributed by atoms with Gasteiger partial charge in [-0.15, -0.1) is 0 Å². The predicted octanol–water partition coefficient (Wildman–Crippen LogP) is 1.93. The van der Waals surface area contributed by atoms with Crippen molar-refractivity contribution in [2.24, 2.45) is 0 Å². The van der Waals surface area contributed by atoms with E-state index >= 15 is 0 Å². The lowest BCUT2D eigenvalue weighted by atomic mass is 9.88. The van der Waals surface area contributed by atoms with Gasteiger partial charge in [-0.05, 0) is 40.0 Å². The van der Waals surface area contributed by atoms with Crippen LogP contribution in [0.4, 0.5) is 5.82 Å². The van der Waals surface area contributed by atoms with Crippen LogP contribution in [-0.2, 0) is 4.79 Å². The molecule has 1 aromatic heterocycles. The average Bonchev–Trinajstić information content (AvgIpc) is 2.28. The Morgan fingerprint density at radius 3 is 2.72 bits per heavy atom. The van der Waals surface area contributed by atoms with Crippen LogP contribution >= 0.6 is 0 Å². The van der Waals surface area contributed by atoms with E-state index in [1.807, 2.05) is 24.8 Å². The molecule has 1 unspecified atom stereocenters. The van der Waals surface area contributed by atoms with E-state index in [-0.39, 0.29) is 0 Å². The number of carboxylic acids is 1. The van der Waals surface area contributed by atoms with Crippen LogP contribution in [0.1, 0.15) is 37.7 Å². The number of hydrogen-bond donors (Lipinski definition) is 1. The predicted molar refractivity (Wildman–Crippen MR) is 68.7 cm³/mol. The molecule has 0 bridgehead atoms. The van der Waals surface area contributed by atoms with Crippen LogP contribution in [0.15, 0.2) is 6.07 Å². The minimum Gasteiger partial charge on any atom is -0.480 e. The van der Waals surface area contributed by atoms with Gasteiger partial charge in [-0.25, -0.2) is 14.8 Å². The topological polar surface area (TPSA) is 66.3 Å². The van der Waals surface area contributed by atoms with Gasteiger partial charge in [-0.2, -0.15) is 0 Å². The van der Waals surface area contributed by atoms with Gasteiger partial charge in [0.15, 0.2) is 0 Å². The number of nitrogens with zero attached hydrogens (tertiary/aromatic N) is 3. The van der Waals surface area contributed by atoms with Crippen molar-refractivity contribution in [3.63, 3.8) is 0 Å². The van der Waals surface area contributed by atoms with Gasteiger partial charge < -0.3 is 10.0 Å². The lowest BCUT2D eigenvalue weighted by molar-refractivity contribution is -0.143. The summed E-state index contributed by atoms with van der Waals surface area (Å²) in [6.07, 6.45) is 2.61. The van der Waals surface area contributed by atoms with Crippen LogP contribution in [-0.4, -0.2) is 33.1 Å². The molecule has 18 heavy (non-hydrogen) atoms. The highest BCUT2D eigenvalue weighted by Gasteiger charge is 2.42. The number of aryl methyl sites for hydroxylation is 2. The highest BCUT2D eigenvalue weighted by molar-refractivity contribution is 5.83. The second-order valence-corrected chi connectivity index (χ2v) is 5.10. The summed E-state index contributed by atoms with van der Waals surface area (Å²) in [6.45, 7) is 6.25. The number of hydrogen-bond acceptors (Lipinski definition) is 4. The standard InChI is InChI=1S/C13H19N3O2/c1-9-8-11(15-10(2)14-9)16-7-5-4-6-13(16,3)12(17)18/h8H,4-7H2,1-3H3,(H,17,18). The largest absolute Gasteiger partial charge is 0.480 e. The van der Waals surface area contributed by atoms with Crippen LogP contribution in [0.3, 0.4) is 0 Å². The van der Waals surface area contributed by atoms with E-state index in [4.69, 9.17) is 0 Å². The third-order valence-corrected chi connectivity index (χ3v) is 3.58. The molecule has 2 heterocycles. The molecule has 1 aliphatic heterocycles. The van der Waals surface area contributed by atoms with Gasteiger partial charge in [-0.1, -0.05) is 0 Å². The fraction of sp³-hybridized carbons (Fsp3) is 0.615. The third-order valence-electron chi connectivity index (χ3n) is 3.58. The highest BCUT2D eigenvalue weighted by atomic mass is 16.4. The summed E-state index contributed by atoms with van der Waals surface area (Å²) in [6, 6.07) is 1.86. The number of piperidine rings is 1. The third kappa shape index (κ3) is 2.17. The van der Waals surface area contributed by atoms with E-state index in [1.54, 1.807) is 6.92 Å². The summed E-state index contributed by atoms with van der Waals surface area (Å²) < 4.78 is 0. The molecular weight excluding hydrogens is 230 g/mol. The lowest BCUT2D eigenvalue weighted by Gasteiger charge is -2.42. The van der Waals surface area contributed by atoms with E-state index in [9.17, 15) is 9.90 Å². The van der Waals surface area contributed by atoms with Gasteiger partial charge in [0, 0.05) is 18.3 Å². The molecule has 2 rings (SSSR count). The molecule has 1 N–H and O–H groups in total. The maximum atomic E-state index is 11.5. The van der Waals surface area contributed by atoms with Gasteiger partial charge in [0.25, 0.3) is 0 Å². The summed E-state index contributed by atoms with van der Waals surface area (Å²) >= 11 is 0. The maximum Gasteiger partial charge on any atom is 0.329 e. The van der Waals surface area contributed by atoms with Crippen molar-refractivity contribution in [3.8, 4) is 0 Å². The number of carboxylic acid groups (broad SMARTS) is 1. The molecule has 0 spiro atoms. The first-order valence-electron chi connectivity index (χ1n) is 6.27. The van der Waals surface area contributed by atoms with Crippen molar-refractivity contribution in [2.75, 3.05) is 11.4 Å². The Hall–Kier alpha value is -1.65. The van der Waals surface area contributed by atoms with E-state index < -0.39 is 11.5 Å². The second-order valence-electron chi connectivity index (χ2n) is 5.10. The highest BCUT2D eigenvalue weighted by Crippen LogP contribution is 2.32. The average molecular weight is 249 g/mol. The number of aliphatic carboxylic acids is 1. The van der Waals surface area contributed by atoms with Crippen LogP contribution in [0.5, 0.6) is 0 Å². The van der Waals surface area contributed by atoms with Gasteiger partial charge in [0.05, 0.1) is 0 Å². The number of carbonyl (C=O) groups is 1. The summed E-state index contributed by atoms with van der Waals surface area (Å²) in [5, 5.41) is 9.48. The molecule has 1 atom stereocenters. The van der Waals surface area contributed by atoms with E-state index in [1.165, 1.54) is 0 Å². The molecule has 1 aromatic rings. The summed E-state index contributed by atoms with van der Waals surface area (Å²) in [5.41, 5.74) is 0.0155. The number of anilines is 1. The van der Waals surface area contributed by atoms with Crippen molar-refractivity contribution in [3.05, 3.63) is 17.6 Å². The van der Waals surface area contributed by atoms with Crippen molar-refractivity contribution in [1.82, 2.24) is 9.97 Å². The van der Waals surface area contributed by atoms with Crippen molar-refractivity contribution < 1.29 is 9.90 Å². The lowest BCUT2D eigenvalue weighted by Crippen LogP contribution is -2.55. The first kappa shape index (κ1) is 12.8. The Balaban J connectivity index is 2.43. The quantitative estimate of drug-likeness (QED) is 0.867. The minimum atomic E-state index is -0.856. The van der Waals surface area contributed by atoms with Crippen molar-refractivity contribution in [1.29, 1.82) is 0 Å². The molecule has 1 saturated heterocycles. The zero-order chi connectivity index (χ0) is 13.3. The molecule has 0 aromatic carbocycles. The monoisotopic (exact) mass is 249 g/mol. The Morgan fingerprint density at radius 2 is 2.11 bits per heavy atom. The maximum absolute atomic E-state index is 11.5. The van der Waals surface area contributed by atoms with Crippen molar-refractivity contribution in [2.45, 2.75) is 45.6 Å². The second kappa shape index (κ2) is 4.55. The molecule has 5 heteroatoms. The summed E-state index contributed by atoms with van der Waals surface area (Å²) in [7, 11) is 0. The van der Waals surface area contributed by atoms with Crippen LogP contribution < -0.4 is 4.90 Å². The zero-order valence-electron chi connectivity index (χ0n) is 11.1. The minimum absolute atomic E-state index is 0.657. The molecule has 0 amide bonds. The zero-order valence-corrected chi connectivity index (χ0v) is 11.1. The molecule has 1 aliphatic rings. The molecule has 0 saturated carbocycles. The first-order chi connectivity index (χ1) is 8.43. The summed E-state index contributed by atoms with van der Waals surface area (Å²) in [4.78, 5) is 22.1. The van der Waals surface area contributed by atoms with E-state index in [0.29, 0.717) is 12.2 Å². The normalized spacial score (nSPS) is 24.1. The van der Waals surface area contributed by atoms with Gasteiger partial charge in [0.1, 0.15) is 17.2 Å². The van der Waals surface area contributed by atoms with Crippen LogP contribution in [0, 0.1) is 13.8 Å². The van der Waals surface area contributed by atoms with Gasteiger partial charge >= 0.3 is 5.97 Å². The Kier molecular flexibility index (Phi) is 3.24. The van der Waals surface area contributed by atoms with Gasteiger partial charge in [0.2, 0.25) is 0 Å². The number of rotatable bonds is 2. The Bertz CT molecular complexity index is 455. The SMILES string of the molecule is Cc1cc(N2CCCCC2(C)C(=O)O)nc(C)n1. The van der Waals surface area contributed by atoms with Crippen LogP contribution in [0.2, 0.25) is 0 Å². The Labute approximate surface area is 107 Å². The Morgan fingerprint density at radius 1 is 1.39 bits per heavy atom. The molecule has 0 aliphatic carbocycles. The molecule has 1 fully saturated rings. The molecular formula is C13H19N3O2. The molecule has 98 valence electrons. The van der Waals surface area contributed by atoms with E-state index in [0.717, 1.165) is 30.9 Å². The smallest absolute Gasteiger partial charge is 0.329 e. The van der Waals surface area contributed by atoms with E-state index in [2.05, 4.69) is 9.97 Å². The van der Waals surface area contributed by atoms with Gasteiger partial charge in [-0.3, -0.25) is 0 Å². The van der Waals surface area contributed by atoms with Crippen LogP contribution in [0.25, 0.3) is 0 Å². The number of aromatic nitrogens is 2. The van der Waals surface area contributed by atoms with Crippen molar-refractivity contribution >= 4 is 11.8 Å². The fourth-order valence-electron chi connectivity index (χ4n) is 2.55. The molecule has 5 nitrogen and oxygen atoms in total. The fourth-order valence-corrected chi connectivity index (χ4v) is 2.55. The molecule has 0 radical (unpaired) electrons. The first-order valence-corrected chi connectivity index (χ1v) is 6.27. The summed E-state index contributed by atoms with van der Waals surface area (Å²) in [5.74, 6) is 0.629.